The topological polar surface area (TPSA) is 42.2 Å². The second kappa shape index (κ2) is 4.83. The van der Waals surface area contributed by atoms with E-state index >= 15 is 0 Å². The Hall–Kier alpha value is -1.09. The van der Waals surface area contributed by atoms with Gasteiger partial charge in [-0.2, -0.15) is 0 Å². The van der Waals surface area contributed by atoms with Crippen LogP contribution in [0, 0.1) is 5.92 Å². The molecule has 3 unspecified atom stereocenters. The highest BCUT2D eigenvalue weighted by atomic mass is 16.3. The van der Waals surface area contributed by atoms with Crippen molar-refractivity contribution in [2.24, 2.45) is 5.92 Å². The van der Waals surface area contributed by atoms with E-state index < -0.39 is 0 Å². The summed E-state index contributed by atoms with van der Waals surface area (Å²) in [5.41, 5.74) is 0.0423. The van der Waals surface area contributed by atoms with Gasteiger partial charge in [-0.1, -0.05) is 13.3 Å². The van der Waals surface area contributed by atoms with Crippen molar-refractivity contribution in [3.8, 4) is 0 Å². The van der Waals surface area contributed by atoms with Gasteiger partial charge in [0.1, 0.15) is 0 Å². The number of aliphatic hydroxyl groups excluding tert-OH is 1. The van der Waals surface area contributed by atoms with Crippen LogP contribution in [0.3, 0.4) is 0 Å². The Kier molecular flexibility index (Phi) is 3.44. The van der Waals surface area contributed by atoms with Crippen LogP contribution in [-0.2, 0) is 0 Å². The zero-order chi connectivity index (χ0) is 11.5. The molecule has 16 heavy (non-hydrogen) atoms. The maximum absolute atomic E-state index is 11.1. The Morgan fingerprint density at radius 1 is 1.38 bits per heavy atom. The van der Waals surface area contributed by atoms with Gasteiger partial charge in [0.05, 0.1) is 6.10 Å². The molecule has 3 atom stereocenters. The zero-order valence-electron chi connectivity index (χ0n) is 9.67. The molecule has 0 spiro atoms. The highest BCUT2D eigenvalue weighted by Gasteiger charge is 2.28. The highest BCUT2D eigenvalue weighted by molar-refractivity contribution is 4.97. The molecule has 3 heteroatoms. The Labute approximate surface area is 95.7 Å². The molecule has 1 fully saturated rings. The molecule has 1 aliphatic rings. The zero-order valence-corrected chi connectivity index (χ0v) is 9.67. The van der Waals surface area contributed by atoms with Gasteiger partial charge < -0.3 is 9.67 Å². The number of nitrogens with zero attached hydrogens (tertiary/aromatic N) is 1. The summed E-state index contributed by atoms with van der Waals surface area (Å²) in [6, 6.07) is 3.52. The minimum absolute atomic E-state index is 0.0423. The smallest absolute Gasteiger partial charge is 0.181 e. The van der Waals surface area contributed by atoms with Crippen molar-refractivity contribution in [3.05, 3.63) is 34.7 Å². The summed E-state index contributed by atoms with van der Waals surface area (Å²) in [6.45, 7) is 2.19. The van der Waals surface area contributed by atoms with E-state index in [1.54, 1.807) is 12.1 Å². The van der Waals surface area contributed by atoms with Crippen molar-refractivity contribution in [1.29, 1.82) is 0 Å². The molecule has 88 valence electrons. The van der Waals surface area contributed by atoms with Crippen LogP contribution in [0.15, 0.2) is 29.3 Å². The molecule has 0 aliphatic heterocycles. The molecule has 1 heterocycles. The van der Waals surface area contributed by atoms with E-state index in [4.69, 9.17) is 0 Å². The maximum Gasteiger partial charge on any atom is 0.181 e. The molecule has 2 rings (SSSR count). The van der Waals surface area contributed by atoms with Gasteiger partial charge in [-0.25, -0.2) is 0 Å². The molecule has 3 nitrogen and oxygen atoms in total. The number of aromatic nitrogens is 1. The van der Waals surface area contributed by atoms with Crippen molar-refractivity contribution in [2.45, 2.75) is 44.8 Å². The highest BCUT2D eigenvalue weighted by Crippen LogP contribution is 2.35. The van der Waals surface area contributed by atoms with Gasteiger partial charge in [0.2, 0.25) is 0 Å². The van der Waals surface area contributed by atoms with Crippen LogP contribution < -0.4 is 5.43 Å². The van der Waals surface area contributed by atoms with Crippen molar-refractivity contribution in [1.82, 2.24) is 4.57 Å². The van der Waals surface area contributed by atoms with Crippen molar-refractivity contribution >= 4 is 0 Å². The van der Waals surface area contributed by atoms with Gasteiger partial charge >= 0.3 is 0 Å². The molecular formula is C13H19NO2. The molecular weight excluding hydrogens is 202 g/mol. The molecule has 0 radical (unpaired) electrons. The van der Waals surface area contributed by atoms with Crippen molar-refractivity contribution in [2.75, 3.05) is 0 Å². The fraction of sp³-hybridized carbons (Fsp3) is 0.615. The molecule has 1 aromatic rings. The van der Waals surface area contributed by atoms with Gasteiger partial charge in [-0.05, 0) is 25.2 Å². The first-order chi connectivity index (χ1) is 7.70. The van der Waals surface area contributed by atoms with Crippen LogP contribution in [0.2, 0.25) is 0 Å². The number of rotatable bonds is 2. The number of hydrogen-bond acceptors (Lipinski definition) is 2. The molecule has 0 amide bonds. The predicted molar refractivity (Wildman–Crippen MR) is 63.4 cm³/mol. The standard InChI is InChI=1S/C13H19NO2/c1-2-10-3-4-12(16)9-13(10)14-7-5-11(15)6-8-14/h5-8,10,12-13,16H,2-4,9H2,1H3. The first-order valence-electron chi connectivity index (χ1n) is 6.06. The van der Waals surface area contributed by atoms with Gasteiger partial charge in [-0.15, -0.1) is 0 Å². The Morgan fingerprint density at radius 2 is 2.06 bits per heavy atom. The van der Waals surface area contributed by atoms with Gasteiger partial charge in [0, 0.05) is 30.6 Å². The first kappa shape index (κ1) is 11.4. The molecule has 1 N–H and O–H groups in total. The molecule has 1 saturated carbocycles. The van der Waals surface area contributed by atoms with Crippen LogP contribution in [0.1, 0.15) is 38.6 Å². The summed E-state index contributed by atoms with van der Waals surface area (Å²) >= 11 is 0. The third-order valence-electron chi connectivity index (χ3n) is 3.66. The lowest BCUT2D eigenvalue weighted by Gasteiger charge is -2.35. The van der Waals surface area contributed by atoms with E-state index in [1.165, 1.54) is 0 Å². The summed E-state index contributed by atoms with van der Waals surface area (Å²) in [4.78, 5) is 11.1. The monoisotopic (exact) mass is 221 g/mol. The van der Waals surface area contributed by atoms with Gasteiger partial charge in [0.15, 0.2) is 5.43 Å². The van der Waals surface area contributed by atoms with Crippen LogP contribution in [-0.4, -0.2) is 15.8 Å². The van der Waals surface area contributed by atoms with E-state index in [9.17, 15) is 9.90 Å². The number of hydrogen-bond donors (Lipinski definition) is 1. The van der Waals surface area contributed by atoms with E-state index in [0.29, 0.717) is 12.0 Å². The summed E-state index contributed by atoms with van der Waals surface area (Å²) in [6.07, 6.45) is 7.42. The quantitative estimate of drug-likeness (QED) is 0.829. The number of pyridine rings is 1. The lowest BCUT2D eigenvalue weighted by molar-refractivity contribution is 0.0711. The Bertz CT molecular complexity index is 379. The minimum Gasteiger partial charge on any atom is -0.393 e. The maximum atomic E-state index is 11.1. The lowest BCUT2D eigenvalue weighted by atomic mass is 9.81. The van der Waals surface area contributed by atoms with Crippen LogP contribution >= 0.6 is 0 Å². The lowest BCUT2D eigenvalue weighted by Crippen LogP contribution is -2.30. The Balaban J connectivity index is 2.22. The molecule has 1 aromatic heterocycles. The van der Waals surface area contributed by atoms with Crippen LogP contribution in [0.5, 0.6) is 0 Å². The first-order valence-corrected chi connectivity index (χ1v) is 6.06. The second-order valence-corrected chi connectivity index (χ2v) is 4.68. The molecule has 0 bridgehead atoms. The van der Waals surface area contributed by atoms with Gasteiger partial charge in [-0.3, -0.25) is 4.79 Å². The number of aliphatic hydroxyl groups is 1. The third-order valence-corrected chi connectivity index (χ3v) is 3.66. The van der Waals surface area contributed by atoms with E-state index in [1.807, 2.05) is 12.4 Å². The normalized spacial score (nSPS) is 30.2. The van der Waals surface area contributed by atoms with E-state index in [0.717, 1.165) is 25.7 Å². The van der Waals surface area contributed by atoms with Crippen molar-refractivity contribution < 1.29 is 5.11 Å². The van der Waals surface area contributed by atoms with Gasteiger partial charge in [0.25, 0.3) is 0 Å². The summed E-state index contributed by atoms with van der Waals surface area (Å²) in [7, 11) is 0. The van der Waals surface area contributed by atoms with E-state index in [-0.39, 0.29) is 11.5 Å². The molecule has 1 aliphatic carbocycles. The second-order valence-electron chi connectivity index (χ2n) is 4.68. The van der Waals surface area contributed by atoms with Crippen LogP contribution in [0.25, 0.3) is 0 Å². The predicted octanol–water partition coefficient (Wildman–Crippen LogP) is 1.96. The summed E-state index contributed by atoms with van der Waals surface area (Å²) < 4.78 is 2.08. The Morgan fingerprint density at radius 3 is 2.69 bits per heavy atom. The third kappa shape index (κ3) is 2.35. The fourth-order valence-corrected chi connectivity index (χ4v) is 2.67. The average molecular weight is 221 g/mol. The summed E-state index contributed by atoms with van der Waals surface area (Å²) in [5, 5.41) is 9.73. The van der Waals surface area contributed by atoms with Crippen LogP contribution in [0.4, 0.5) is 0 Å². The molecule has 0 aromatic carbocycles. The average Bonchev–Trinajstić information content (AvgIpc) is 2.30. The molecule has 0 saturated heterocycles. The van der Waals surface area contributed by atoms with Crippen molar-refractivity contribution in [3.63, 3.8) is 0 Å². The van der Waals surface area contributed by atoms with E-state index in [2.05, 4.69) is 11.5 Å². The summed E-state index contributed by atoms with van der Waals surface area (Å²) in [5.74, 6) is 0.617. The fourth-order valence-electron chi connectivity index (χ4n) is 2.67. The largest absolute Gasteiger partial charge is 0.393 e. The SMILES string of the molecule is CCC1CCC(O)CC1n1ccc(=O)cc1. The minimum atomic E-state index is -0.188.